The van der Waals surface area contributed by atoms with Gasteiger partial charge in [-0.05, 0) is 45.4 Å². The molecule has 3 nitrogen and oxygen atoms in total. The van der Waals surface area contributed by atoms with Gasteiger partial charge in [0, 0.05) is 6.04 Å². The zero-order valence-electron chi connectivity index (χ0n) is 10.2. The van der Waals surface area contributed by atoms with E-state index >= 15 is 0 Å². The molecule has 0 radical (unpaired) electrons. The van der Waals surface area contributed by atoms with E-state index in [4.69, 9.17) is 10.5 Å². The Morgan fingerprint density at radius 1 is 1.19 bits per heavy atom. The molecule has 0 amide bonds. The number of hydrogen-bond donors (Lipinski definition) is 1. The van der Waals surface area contributed by atoms with Crippen molar-refractivity contribution >= 4 is 5.97 Å². The Morgan fingerprint density at radius 2 is 1.81 bits per heavy atom. The van der Waals surface area contributed by atoms with Gasteiger partial charge in [-0.25, -0.2) is 0 Å². The van der Waals surface area contributed by atoms with Crippen LogP contribution >= 0.6 is 0 Å². The molecule has 2 fully saturated rings. The van der Waals surface area contributed by atoms with Gasteiger partial charge in [0.25, 0.3) is 0 Å². The summed E-state index contributed by atoms with van der Waals surface area (Å²) in [4.78, 5) is 12.2. The zero-order chi connectivity index (χ0) is 11.6. The average Bonchev–Trinajstić information content (AvgIpc) is 2.75. The van der Waals surface area contributed by atoms with Crippen LogP contribution in [-0.4, -0.2) is 18.1 Å². The smallest absolute Gasteiger partial charge is 0.313 e. The first-order valence-corrected chi connectivity index (χ1v) is 6.59. The van der Waals surface area contributed by atoms with Crippen molar-refractivity contribution in [1.82, 2.24) is 0 Å². The molecule has 0 bridgehead atoms. The van der Waals surface area contributed by atoms with E-state index in [1.807, 2.05) is 6.92 Å². The first-order valence-electron chi connectivity index (χ1n) is 6.59. The molecule has 2 rings (SSSR count). The first kappa shape index (κ1) is 11.9. The predicted octanol–water partition coefficient (Wildman–Crippen LogP) is 2.38. The summed E-state index contributed by atoms with van der Waals surface area (Å²) in [7, 11) is 0. The Hall–Kier alpha value is -0.570. The van der Waals surface area contributed by atoms with Crippen molar-refractivity contribution in [2.75, 3.05) is 0 Å². The van der Waals surface area contributed by atoms with Crippen LogP contribution in [0, 0.1) is 5.41 Å². The number of esters is 1. The van der Waals surface area contributed by atoms with Gasteiger partial charge in [-0.15, -0.1) is 0 Å². The molecule has 0 saturated heterocycles. The number of carbonyl (C=O) groups is 1. The minimum absolute atomic E-state index is 0.0184. The van der Waals surface area contributed by atoms with Crippen LogP contribution < -0.4 is 5.73 Å². The molecule has 2 aliphatic carbocycles. The van der Waals surface area contributed by atoms with Crippen molar-refractivity contribution in [3.63, 3.8) is 0 Å². The number of hydrogen-bond acceptors (Lipinski definition) is 3. The van der Waals surface area contributed by atoms with Crippen LogP contribution in [0.5, 0.6) is 0 Å². The van der Waals surface area contributed by atoms with E-state index in [1.54, 1.807) is 0 Å². The maximum atomic E-state index is 12.2. The van der Waals surface area contributed by atoms with Gasteiger partial charge in [-0.3, -0.25) is 4.79 Å². The number of rotatable bonds is 2. The minimum atomic E-state index is -0.430. The molecule has 0 aromatic heterocycles. The summed E-state index contributed by atoms with van der Waals surface area (Å²) < 4.78 is 5.61. The van der Waals surface area contributed by atoms with Gasteiger partial charge in [0.05, 0.1) is 5.41 Å². The summed E-state index contributed by atoms with van der Waals surface area (Å²) in [6.07, 6.45) is 8.72. The van der Waals surface area contributed by atoms with Crippen LogP contribution in [0.2, 0.25) is 0 Å². The standard InChI is InChI=1S/C13H23NO2/c1-13(9-5-4-8-11(13)14)12(15)16-10-6-2-3-7-10/h10-11H,2-9,14H2,1H3. The normalized spacial score (nSPS) is 36.2. The highest BCUT2D eigenvalue weighted by molar-refractivity contribution is 5.77. The second-order valence-electron chi connectivity index (χ2n) is 5.58. The zero-order valence-corrected chi connectivity index (χ0v) is 10.2. The number of nitrogens with two attached hydrogens (primary N) is 1. The van der Waals surface area contributed by atoms with E-state index in [0.717, 1.165) is 38.5 Å². The highest BCUT2D eigenvalue weighted by Crippen LogP contribution is 2.37. The van der Waals surface area contributed by atoms with E-state index in [9.17, 15) is 4.79 Å². The Bertz CT molecular complexity index is 261. The lowest BCUT2D eigenvalue weighted by Crippen LogP contribution is -2.49. The summed E-state index contributed by atoms with van der Waals surface area (Å²) in [6, 6.07) is -0.0184. The van der Waals surface area contributed by atoms with Gasteiger partial charge in [-0.1, -0.05) is 12.8 Å². The third kappa shape index (κ3) is 2.24. The quantitative estimate of drug-likeness (QED) is 0.734. The highest BCUT2D eigenvalue weighted by atomic mass is 16.5. The van der Waals surface area contributed by atoms with Crippen LogP contribution in [0.15, 0.2) is 0 Å². The summed E-state index contributed by atoms with van der Waals surface area (Å²) in [5.74, 6) is -0.0494. The molecule has 2 N–H and O–H groups in total. The van der Waals surface area contributed by atoms with E-state index in [2.05, 4.69) is 0 Å². The van der Waals surface area contributed by atoms with E-state index in [0.29, 0.717) is 0 Å². The topological polar surface area (TPSA) is 52.3 Å². The third-order valence-electron chi connectivity index (χ3n) is 4.32. The lowest BCUT2D eigenvalue weighted by molar-refractivity contribution is -0.163. The molecule has 0 aromatic rings. The van der Waals surface area contributed by atoms with Crippen molar-refractivity contribution in [2.45, 2.75) is 70.4 Å². The Morgan fingerprint density at radius 3 is 2.44 bits per heavy atom. The summed E-state index contributed by atoms with van der Waals surface area (Å²) in [5.41, 5.74) is 5.66. The molecule has 0 spiro atoms. The monoisotopic (exact) mass is 225 g/mol. The average molecular weight is 225 g/mol. The van der Waals surface area contributed by atoms with Gasteiger partial charge in [0.2, 0.25) is 0 Å². The molecule has 2 saturated carbocycles. The molecular formula is C13H23NO2. The summed E-state index contributed by atoms with van der Waals surface area (Å²) in [6.45, 7) is 1.98. The largest absolute Gasteiger partial charge is 0.462 e. The Balaban J connectivity index is 1.95. The van der Waals surface area contributed by atoms with Crippen molar-refractivity contribution < 1.29 is 9.53 Å². The maximum Gasteiger partial charge on any atom is 0.313 e. The van der Waals surface area contributed by atoms with Gasteiger partial charge in [-0.2, -0.15) is 0 Å². The molecule has 0 heterocycles. The summed E-state index contributed by atoms with van der Waals surface area (Å²) in [5, 5.41) is 0. The van der Waals surface area contributed by atoms with Crippen LogP contribution in [0.3, 0.4) is 0 Å². The molecule has 2 aliphatic rings. The molecule has 3 heteroatoms. The molecule has 16 heavy (non-hydrogen) atoms. The number of ether oxygens (including phenoxy) is 1. The van der Waals surface area contributed by atoms with Gasteiger partial charge in [0.1, 0.15) is 6.10 Å². The van der Waals surface area contributed by atoms with Crippen molar-refractivity contribution in [3.8, 4) is 0 Å². The third-order valence-corrected chi connectivity index (χ3v) is 4.32. The molecule has 2 unspecified atom stereocenters. The van der Waals surface area contributed by atoms with Crippen LogP contribution in [0.1, 0.15) is 58.3 Å². The van der Waals surface area contributed by atoms with Crippen LogP contribution in [0.25, 0.3) is 0 Å². The van der Waals surface area contributed by atoms with Crippen LogP contribution in [0.4, 0.5) is 0 Å². The van der Waals surface area contributed by atoms with Crippen molar-refractivity contribution in [2.24, 2.45) is 11.1 Å². The fraction of sp³-hybridized carbons (Fsp3) is 0.923. The molecular weight excluding hydrogens is 202 g/mol. The SMILES string of the molecule is CC1(C(=O)OC2CCCC2)CCCCC1N. The second-order valence-corrected chi connectivity index (χ2v) is 5.58. The van der Waals surface area contributed by atoms with Gasteiger partial charge >= 0.3 is 5.97 Å². The number of carbonyl (C=O) groups excluding carboxylic acids is 1. The molecule has 0 aromatic carbocycles. The van der Waals surface area contributed by atoms with E-state index in [-0.39, 0.29) is 18.1 Å². The lowest BCUT2D eigenvalue weighted by atomic mass is 9.72. The fourth-order valence-corrected chi connectivity index (χ4v) is 2.91. The minimum Gasteiger partial charge on any atom is -0.462 e. The highest BCUT2D eigenvalue weighted by Gasteiger charge is 2.43. The molecule has 2 atom stereocenters. The van der Waals surface area contributed by atoms with E-state index < -0.39 is 5.41 Å². The second kappa shape index (κ2) is 4.74. The Kier molecular flexibility index (Phi) is 3.53. The molecule has 92 valence electrons. The molecule has 0 aliphatic heterocycles. The predicted molar refractivity (Wildman–Crippen MR) is 62.9 cm³/mol. The van der Waals surface area contributed by atoms with Crippen molar-refractivity contribution in [3.05, 3.63) is 0 Å². The fourth-order valence-electron chi connectivity index (χ4n) is 2.91. The van der Waals surface area contributed by atoms with E-state index in [1.165, 1.54) is 12.8 Å². The summed E-state index contributed by atoms with van der Waals surface area (Å²) >= 11 is 0. The van der Waals surface area contributed by atoms with Crippen LogP contribution in [-0.2, 0) is 9.53 Å². The van der Waals surface area contributed by atoms with Crippen molar-refractivity contribution in [1.29, 1.82) is 0 Å². The first-order chi connectivity index (χ1) is 7.63. The van der Waals surface area contributed by atoms with Gasteiger partial charge in [0.15, 0.2) is 0 Å². The Labute approximate surface area is 97.7 Å². The maximum absolute atomic E-state index is 12.2. The van der Waals surface area contributed by atoms with Gasteiger partial charge < -0.3 is 10.5 Å². The lowest BCUT2D eigenvalue weighted by Gasteiger charge is -2.37.